The Morgan fingerprint density at radius 3 is 1.00 bits per heavy atom. The second kappa shape index (κ2) is 38.7. The summed E-state index contributed by atoms with van der Waals surface area (Å²) < 4.78 is 59.2. The number of Topliss-reactive ketones (excluding diaryl/α,β-unsaturated/α-hetero) is 1. The molecule has 15 nitrogen and oxygen atoms in total. The van der Waals surface area contributed by atoms with Gasteiger partial charge in [0.25, 0.3) is 0 Å². The van der Waals surface area contributed by atoms with E-state index in [1.165, 1.54) is 25.7 Å². The number of aliphatic carboxylic acids is 1. The molecule has 0 aliphatic carbocycles. The summed E-state index contributed by atoms with van der Waals surface area (Å²) in [6, 6.07) is 0. The molecule has 0 rings (SSSR count). The normalized spacial score (nSPS) is 11.3. The van der Waals surface area contributed by atoms with Crippen LogP contribution in [0.5, 0.6) is 0 Å². The van der Waals surface area contributed by atoms with E-state index in [4.69, 9.17) is 57.2 Å². The summed E-state index contributed by atoms with van der Waals surface area (Å²) in [5.74, 6) is -3.23. The van der Waals surface area contributed by atoms with E-state index < -0.39 is 17.7 Å². The zero-order chi connectivity index (χ0) is 34.3. The molecule has 0 amide bonds. The lowest BCUT2D eigenvalue weighted by Gasteiger charge is -2.09. The van der Waals surface area contributed by atoms with E-state index in [0.717, 1.165) is 13.0 Å². The van der Waals surface area contributed by atoms with Gasteiger partial charge in [-0.15, -0.1) is 0 Å². The molecule has 0 bridgehead atoms. The summed E-state index contributed by atoms with van der Waals surface area (Å²) >= 11 is 0. The van der Waals surface area contributed by atoms with Gasteiger partial charge in [-0.05, 0) is 6.42 Å². The van der Waals surface area contributed by atoms with Crippen molar-refractivity contribution in [1.29, 1.82) is 0 Å². The third kappa shape index (κ3) is 38.5. The van der Waals surface area contributed by atoms with E-state index in [0.29, 0.717) is 119 Å². The predicted molar refractivity (Wildman–Crippen MR) is 170 cm³/mol. The van der Waals surface area contributed by atoms with Crippen molar-refractivity contribution in [3.05, 3.63) is 0 Å². The van der Waals surface area contributed by atoms with Crippen LogP contribution in [0.2, 0.25) is 0 Å². The molecule has 0 unspecified atom stereocenters. The topological polar surface area (TPSA) is 173 Å². The SMILES string of the molecule is CCCCCCCOCCOCCOCCOCCOCCOCCOCCOCCOCCOCCOC(=O)CCC(=O)C(=O)O. The molecule has 47 heavy (non-hydrogen) atoms. The summed E-state index contributed by atoms with van der Waals surface area (Å²) in [7, 11) is 0. The van der Waals surface area contributed by atoms with Crippen LogP contribution < -0.4 is 0 Å². The minimum Gasteiger partial charge on any atom is -0.476 e. The van der Waals surface area contributed by atoms with Gasteiger partial charge < -0.3 is 57.2 Å². The van der Waals surface area contributed by atoms with Gasteiger partial charge in [0.1, 0.15) is 6.61 Å². The fourth-order valence-corrected chi connectivity index (χ4v) is 3.50. The highest BCUT2D eigenvalue weighted by molar-refractivity contribution is 6.32. The smallest absolute Gasteiger partial charge is 0.372 e. The first-order valence-corrected chi connectivity index (χ1v) is 16.8. The van der Waals surface area contributed by atoms with Crippen LogP contribution in [0.4, 0.5) is 0 Å². The molecule has 0 saturated heterocycles. The number of rotatable bonds is 40. The number of carbonyl (C=O) groups excluding carboxylic acids is 2. The second-order valence-electron chi connectivity index (χ2n) is 9.99. The molecule has 278 valence electrons. The monoisotopic (exact) mass is 684 g/mol. The number of carboxylic acids is 1. The lowest BCUT2D eigenvalue weighted by Crippen LogP contribution is -2.17. The van der Waals surface area contributed by atoms with Gasteiger partial charge in [-0.3, -0.25) is 9.59 Å². The minimum absolute atomic E-state index is 0.0164. The number of unbranched alkanes of at least 4 members (excludes halogenated alkanes) is 4. The van der Waals surface area contributed by atoms with Crippen molar-refractivity contribution in [2.75, 3.05) is 139 Å². The van der Waals surface area contributed by atoms with Crippen LogP contribution in [-0.4, -0.2) is 162 Å². The number of esters is 1. The van der Waals surface area contributed by atoms with Crippen molar-refractivity contribution in [1.82, 2.24) is 0 Å². The van der Waals surface area contributed by atoms with Crippen LogP contribution in [0.3, 0.4) is 0 Å². The van der Waals surface area contributed by atoms with Crippen LogP contribution in [-0.2, 0) is 66.5 Å². The molecule has 0 radical (unpaired) electrons. The van der Waals surface area contributed by atoms with Gasteiger partial charge in [0, 0.05) is 13.0 Å². The molecule has 1 N–H and O–H groups in total. The van der Waals surface area contributed by atoms with Gasteiger partial charge in [0.05, 0.1) is 132 Å². The first kappa shape index (κ1) is 45.2. The van der Waals surface area contributed by atoms with Crippen molar-refractivity contribution in [3.8, 4) is 0 Å². The van der Waals surface area contributed by atoms with Crippen molar-refractivity contribution >= 4 is 17.7 Å². The molecule has 0 aromatic rings. The fraction of sp³-hybridized carbons (Fsp3) is 0.906. The number of hydrogen-bond donors (Lipinski definition) is 1. The number of ketones is 1. The van der Waals surface area contributed by atoms with E-state index >= 15 is 0 Å². The van der Waals surface area contributed by atoms with Gasteiger partial charge >= 0.3 is 11.9 Å². The molecule has 0 aromatic heterocycles. The summed E-state index contributed by atoms with van der Waals surface area (Å²) in [5, 5.41) is 8.44. The van der Waals surface area contributed by atoms with Crippen LogP contribution in [0, 0.1) is 0 Å². The minimum atomic E-state index is -1.56. The van der Waals surface area contributed by atoms with Crippen molar-refractivity contribution in [2.24, 2.45) is 0 Å². The Morgan fingerprint density at radius 2 is 0.681 bits per heavy atom. The largest absolute Gasteiger partial charge is 0.476 e. The number of carbonyl (C=O) groups is 3. The molecule has 0 fully saturated rings. The van der Waals surface area contributed by atoms with Gasteiger partial charge in [0.2, 0.25) is 5.78 Å². The average Bonchev–Trinajstić information content (AvgIpc) is 3.06. The van der Waals surface area contributed by atoms with E-state index in [1.54, 1.807) is 0 Å². The van der Waals surface area contributed by atoms with E-state index in [1.807, 2.05) is 0 Å². The average molecular weight is 685 g/mol. The molecular formula is C32H60O15. The van der Waals surface area contributed by atoms with Crippen molar-refractivity contribution < 1.29 is 71.6 Å². The lowest BCUT2D eigenvalue weighted by atomic mass is 10.2. The number of ether oxygens (including phenoxy) is 11. The predicted octanol–water partition coefficient (Wildman–Crippen LogP) is 2.10. The summed E-state index contributed by atoms with van der Waals surface area (Å²) in [5.41, 5.74) is 0. The molecule has 0 atom stereocenters. The Labute approximate surface area is 280 Å². The highest BCUT2D eigenvalue weighted by Gasteiger charge is 2.14. The lowest BCUT2D eigenvalue weighted by molar-refractivity contribution is -0.151. The van der Waals surface area contributed by atoms with Crippen LogP contribution in [0.15, 0.2) is 0 Å². The Balaban J connectivity index is 3.11. The van der Waals surface area contributed by atoms with Crippen LogP contribution in [0.25, 0.3) is 0 Å². The molecule has 0 saturated carbocycles. The molecule has 0 aromatic carbocycles. The Bertz CT molecular complexity index is 695. The third-order valence-corrected chi connectivity index (χ3v) is 6.03. The molecule has 0 aliphatic heterocycles. The second-order valence-corrected chi connectivity index (χ2v) is 9.99. The summed E-state index contributed by atoms with van der Waals surface area (Å²) in [6.45, 7) is 11.9. The van der Waals surface area contributed by atoms with Crippen LogP contribution in [0.1, 0.15) is 51.9 Å². The van der Waals surface area contributed by atoms with Crippen molar-refractivity contribution in [3.63, 3.8) is 0 Å². The Morgan fingerprint density at radius 1 is 0.383 bits per heavy atom. The van der Waals surface area contributed by atoms with E-state index in [9.17, 15) is 14.4 Å². The third-order valence-electron chi connectivity index (χ3n) is 6.03. The Kier molecular flexibility index (Phi) is 37.2. The summed E-state index contributed by atoms with van der Waals surface area (Å²) in [4.78, 5) is 32.6. The summed E-state index contributed by atoms with van der Waals surface area (Å²) in [6.07, 6.45) is 5.57. The molecule has 15 heteroatoms. The maximum absolute atomic E-state index is 11.4. The van der Waals surface area contributed by atoms with Gasteiger partial charge in [-0.1, -0.05) is 32.6 Å². The maximum Gasteiger partial charge on any atom is 0.372 e. The quantitative estimate of drug-likeness (QED) is 0.0564. The van der Waals surface area contributed by atoms with Gasteiger partial charge in [-0.25, -0.2) is 4.79 Å². The van der Waals surface area contributed by atoms with Gasteiger partial charge in [0.15, 0.2) is 0 Å². The highest BCUT2D eigenvalue weighted by Crippen LogP contribution is 2.02. The maximum atomic E-state index is 11.4. The van der Waals surface area contributed by atoms with Crippen molar-refractivity contribution in [2.45, 2.75) is 51.9 Å². The zero-order valence-electron chi connectivity index (χ0n) is 28.5. The van der Waals surface area contributed by atoms with E-state index in [2.05, 4.69) is 6.92 Å². The molecule has 0 spiro atoms. The van der Waals surface area contributed by atoms with Gasteiger partial charge in [-0.2, -0.15) is 0 Å². The first-order valence-electron chi connectivity index (χ1n) is 16.8. The van der Waals surface area contributed by atoms with E-state index in [-0.39, 0.29) is 26.1 Å². The molecule has 0 aliphatic rings. The number of carboxylic acid groups (broad SMARTS) is 1. The standard InChI is InChI=1S/C32H60O15/c1-2-3-4-5-6-9-37-10-11-38-12-13-39-14-15-40-16-17-41-18-19-42-20-21-43-22-23-44-24-25-45-26-27-46-28-29-47-31(34)8-7-30(33)32(35)36/h2-29H2,1H3,(H,35,36). The Hall–Kier alpha value is -1.79. The highest BCUT2D eigenvalue weighted by atomic mass is 16.6. The fourth-order valence-electron chi connectivity index (χ4n) is 3.50. The molecular weight excluding hydrogens is 624 g/mol. The first-order chi connectivity index (χ1) is 23.1. The number of hydrogen-bond acceptors (Lipinski definition) is 14. The van der Waals surface area contributed by atoms with Crippen LogP contribution >= 0.6 is 0 Å². The zero-order valence-corrected chi connectivity index (χ0v) is 28.5. The molecule has 0 heterocycles.